The number of allylic oxidation sites excluding steroid dienone is 1. The van der Waals surface area contributed by atoms with Crippen LogP contribution in [0.4, 0.5) is 0 Å². The number of rotatable bonds is 7. The smallest absolute Gasteiger partial charge is 0.241 e. The van der Waals surface area contributed by atoms with Gasteiger partial charge in [-0.05, 0) is 81.9 Å². The van der Waals surface area contributed by atoms with Crippen LogP contribution >= 0.6 is 0 Å². The van der Waals surface area contributed by atoms with Crippen molar-refractivity contribution >= 4 is 16.6 Å². The van der Waals surface area contributed by atoms with Gasteiger partial charge in [0.15, 0.2) is 8.32 Å². The molecule has 0 aromatic rings. The minimum absolute atomic E-state index is 0.252. The van der Waals surface area contributed by atoms with Gasteiger partial charge in [-0.15, -0.1) is 0 Å². The average Bonchev–Trinajstić information content (AvgIpc) is 2.41. The lowest BCUT2D eigenvalue weighted by Crippen LogP contribution is -2.46. The van der Waals surface area contributed by atoms with E-state index in [1.807, 2.05) is 0 Å². The molecule has 0 N–H and O–H groups in total. The summed E-state index contributed by atoms with van der Waals surface area (Å²) in [6.07, 6.45) is 7.89. The third-order valence-corrected chi connectivity index (χ3v) is 11.2. The third-order valence-electron chi connectivity index (χ3n) is 5.82. The van der Waals surface area contributed by atoms with Gasteiger partial charge in [-0.3, -0.25) is 0 Å². The lowest BCUT2D eigenvalue weighted by Gasteiger charge is -2.43. The summed E-state index contributed by atoms with van der Waals surface area (Å²) >= 11 is 0. The molecule has 1 aliphatic rings. The molecule has 0 aliphatic heterocycles. The maximum atomic E-state index is 6.92. The standard InChI is InChI=1S/C21H44O2Si2/c1-11-12-14-18-15-13-16-19(23-25(9,10)21(3,4)5)20(18)17(2)22-24(6,7)8/h18-19H,11-16H2,1-10H3/b20-17-/t18-,19-/m1/s1. The SMILES string of the molecule is CCCC[C@@H]1CCC[C@@H](O[Si](C)(C)C(C)(C)C)/C1=C(/C)O[Si](C)(C)C. The van der Waals surface area contributed by atoms with Crippen LogP contribution in [0, 0.1) is 5.92 Å². The van der Waals surface area contributed by atoms with Crippen LogP contribution in [0.2, 0.25) is 37.8 Å². The van der Waals surface area contributed by atoms with E-state index in [4.69, 9.17) is 8.85 Å². The highest BCUT2D eigenvalue weighted by atomic mass is 28.4. The summed E-state index contributed by atoms with van der Waals surface area (Å²) in [5.41, 5.74) is 1.51. The van der Waals surface area contributed by atoms with Crippen molar-refractivity contribution in [2.45, 2.75) is 117 Å². The van der Waals surface area contributed by atoms with Crippen molar-refractivity contribution in [1.29, 1.82) is 0 Å². The quantitative estimate of drug-likeness (QED) is 0.334. The summed E-state index contributed by atoms with van der Waals surface area (Å²) in [7, 11) is -3.37. The Kier molecular flexibility index (Phi) is 8.04. The Morgan fingerprint density at radius 2 is 1.68 bits per heavy atom. The van der Waals surface area contributed by atoms with E-state index in [1.54, 1.807) is 0 Å². The van der Waals surface area contributed by atoms with E-state index < -0.39 is 16.6 Å². The van der Waals surface area contributed by atoms with E-state index in [0.29, 0.717) is 5.92 Å². The molecule has 148 valence electrons. The lowest BCUT2D eigenvalue weighted by atomic mass is 9.79. The van der Waals surface area contributed by atoms with Gasteiger partial charge >= 0.3 is 0 Å². The molecule has 0 bridgehead atoms. The van der Waals surface area contributed by atoms with Gasteiger partial charge in [0.05, 0.1) is 11.9 Å². The molecule has 2 nitrogen and oxygen atoms in total. The molecule has 0 radical (unpaired) electrons. The first-order valence-electron chi connectivity index (χ1n) is 10.4. The fraction of sp³-hybridized carbons (Fsp3) is 0.905. The summed E-state index contributed by atoms with van der Waals surface area (Å²) in [5.74, 6) is 1.84. The summed E-state index contributed by atoms with van der Waals surface area (Å²) in [5, 5.41) is 0.252. The van der Waals surface area contributed by atoms with Crippen molar-refractivity contribution in [2.24, 2.45) is 5.92 Å². The number of hydrogen-bond acceptors (Lipinski definition) is 2. The highest BCUT2D eigenvalue weighted by Gasteiger charge is 2.42. The Morgan fingerprint density at radius 3 is 2.16 bits per heavy atom. The summed E-state index contributed by atoms with van der Waals surface area (Å²) in [6, 6.07) is 0. The molecular formula is C21H44O2Si2. The van der Waals surface area contributed by atoms with Gasteiger partial charge in [0.1, 0.15) is 0 Å². The highest BCUT2D eigenvalue weighted by molar-refractivity contribution is 6.74. The molecule has 1 rings (SSSR count). The second-order valence-electron chi connectivity index (χ2n) is 10.4. The van der Waals surface area contributed by atoms with Crippen molar-refractivity contribution in [1.82, 2.24) is 0 Å². The Bertz CT molecular complexity index is 455. The topological polar surface area (TPSA) is 18.5 Å². The van der Waals surface area contributed by atoms with E-state index in [2.05, 4.69) is 67.4 Å². The molecule has 0 heterocycles. The van der Waals surface area contributed by atoms with Crippen molar-refractivity contribution in [3.8, 4) is 0 Å². The molecule has 1 fully saturated rings. The van der Waals surface area contributed by atoms with Gasteiger partial charge in [-0.25, -0.2) is 0 Å². The third kappa shape index (κ3) is 6.87. The van der Waals surface area contributed by atoms with E-state index >= 15 is 0 Å². The first kappa shape index (κ1) is 23.0. The molecule has 25 heavy (non-hydrogen) atoms. The van der Waals surface area contributed by atoms with Gasteiger partial charge < -0.3 is 8.85 Å². The summed E-state index contributed by atoms with van der Waals surface area (Å²) in [4.78, 5) is 0. The van der Waals surface area contributed by atoms with Gasteiger partial charge in [-0.1, -0.05) is 40.5 Å². The Morgan fingerprint density at radius 1 is 1.08 bits per heavy atom. The van der Waals surface area contributed by atoms with Crippen molar-refractivity contribution in [3.63, 3.8) is 0 Å². The lowest BCUT2D eigenvalue weighted by molar-refractivity contribution is 0.154. The fourth-order valence-corrected chi connectivity index (χ4v) is 5.91. The Labute approximate surface area is 160 Å². The van der Waals surface area contributed by atoms with Crippen LogP contribution < -0.4 is 0 Å². The molecule has 4 heteroatoms. The normalized spacial score (nSPS) is 25.0. The van der Waals surface area contributed by atoms with Crippen molar-refractivity contribution in [2.75, 3.05) is 0 Å². The maximum absolute atomic E-state index is 6.92. The molecule has 1 saturated carbocycles. The Hall–Kier alpha value is -0.0662. The van der Waals surface area contributed by atoms with Crippen LogP contribution in [0.1, 0.15) is 73.1 Å². The monoisotopic (exact) mass is 384 g/mol. The summed E-state index contributed by atoms with van der Waals surface area (Å²) < 4.78 is 13.4. The molecule has 0 amide bonds. The zero-order valence-corrected chi connectivity index (χ0v) is 20.7. The van der Waals surface area contributed by atoms with Crippen molar-refractivity contribution < 1.29 is 8.85 Å². The van der Waals surface area contributed by atoms with Gasteiger partial charge in [0.2, 0.25) is 8.32 Å². The van der Waals surface area contributed by atoms with Crippen LogP contribution in [0.15, 0.2) is 11.3 Å². The van der Waals surface area contributed by atoms with Crippen LogP contribution in [-0.2, 0) is 8.85 Å². The predicted molar refractivity (Wildman–Crippen MR) is 116 cm³/mol. The number of hydrogen-bond donors (Lipinski definition) is 0. The first-order chi connectivity index (χ1) is 11.3. The second-order valence-corrected chi connectivity index (χ2v) is 19.5. The predicted octanol–water partition coefficient (Wildman–Crippen LogP) is 7.49. The van der Waals surface area contributed by atoms with Gasteiger partial charge in [0.25, 0.3) is 0 Å². The second kappa shape index (κ2) is 8.75. The van der Waals surface area contributed by atoms with Gasteiger partial charge in [0, 0.05) is 0 Å². The first-order valence-corrected chi connectivity index (χ1v) is 16.7. The number of unbranched alkanes of at least 4 members (excludes halogenated alkanes) is 1. The molecule has 0 saturated heterocycles. The summed E-state index contributed by atoms with van der Waals surface area (Å²) in [6.45, 7) is 23.1. The fourth-order valence-electron chi connectivity index (χ4n) is 3.56. The zero-order valence-electron chi connectivity index (χ0n) is 18.7. The molecule has 1 aliphatic carbocycles. The molecule has 0 aromatic carbocycles. The largest absolute Gasteiger partial charge is 0.547 e. The zero-order chi connectivity index (χ0) is 19.5. The molecular weight excluding hydrogens is 340 g/mol. The van der Waals surface area contributed by atoms with E-state index in [0.717, 1.165) is 6.42 Å². The molecule has 2 atom stereocenters. The van der Waals surface area contributed by atoms with Crippen LogP contribution in [-0.4, -0.2) is 22.7 Å². The van der Waals surface area contributed by atoms with Crippen LogP contribution in [0.25, 0.3) is 0 Å². The van der Waals surface area contributed by atoms with Crippen molar-refractivity contribution in [3.05, 3.63) is 11.3 Å². The molecule has 0 aromatic heterocycles. The molecule has 0 unspecified atom stereocenters. The van der Waals surface area contributed by atoms with Gasteiger partial charge in [-0.2, -0.15) is 0 Å². The minimum Gasteiger partial charge on any atom is -0.547 e. The molecule has 0 spiro atoms. The van der Waals surface area contributed by atoms with Crippen LogP contribution in [0.5, 0.6) is 0 Å². The van der Waals surface area contributed by atoms with E-state index in [-0.39, 0.29) is 11.1 Å². The average molecular weight is 385 g/mol. The minimum atomic E-state index is -1.78. The highest BCUT2D eigenvalue weighted by Crippen LogP contribution is 2.43. The van der Waals surface area contributed by atoms with E-state index in [9.17, 15) is 0 Å². The van der Waals surface area contributed by atoms with Crippen LogP contribution in [0.3, 0.4) is 0 Å². The van der Waals surface area contributed by atoms with E-state index in [1.165, 1.54) is 43.4 Å². The Balaban J connectivity index is 3.16. The maximum Gasteiger partial charge on any atom is 0.241 e.